The largest absolute Gasteiger partial charge is 0.325 e. The molecule has 1 aliphatic heterocycles. The molecule has 5 nitrogen and oxygen atoms in total. The molecule has 2 heterocycles. The summed E-state index contributed by atoms with van der Waals surface area (Å²) in [4.78, 5) is 30.2. The second kappa shape index (κ2) is 6.01. The number of hydrogen-bond acceptors (Lipinski definition) is 3. The molecule has 2 aromatic rings. The predicted molar refractivity (Wildman–Crippen MR) is 87.0 cm³/mol. The van der Waals surface area contributed by atoms with Gasteiger partial charge in [0.05, 0.1) is 0 Å². The van der Waals surface area contributed by atoms with Crippen LogP contribution in [0, 0.1) is 0 Å². The number of amides is 3. The molecule has 1 aromatic heterocycles. The van der Waals surface area contributed by atoms with Gasteiger partial charge >= 0.3 is 6.03 Å². The van der Waals surface area contributed by atoms with Crippen molar-refractivity contribution in [3.63, 3.8) is 0 Å². The predicted octanol–water partition coefficient (Wildman–Crippen LogP) is 2.74. The van der Waals surface area contributed by atoms with E-state index in [-0.39, 0.29) is 11.9 Å². The number of hydrogen-bond donors (Lipinski definition) is 1. The second-order valence-electron chi connectivity index (χ2n) is 5.62. The lowest BCUT2D eigenvalue weighted by molar-refractivity contribution is -0.131. The van der Waals surface area contributed by atoms with Crippen LogP contribution in [0.3, 0.4) is 0 Å². The average Bonchev–Trinajstić information content (AvgIpc) is 2.77. The van der Waals surface area contributed by atoms with Crippen molar-refractivity contribution in [1.82, 2.24) is 15.2 Å². The molecular weight excluding hydrogens is 314 g/mol. The highest BCUT2D eigenvalue weighted by Gasteiger charge is 2.48. The third-order valence-corrected chi connectivity index (χ3v) is 4.32. The number of pyridine rings is 1. The van der Waals surface area contributed by atoms with Crippen LogP contribution < -0.4 is 5.32 Å². The maximum Gasteiger partial charge on any atom is 0.325 e. The third-order valence-electron chi connectivity index (χ3n) is 4.07. The molecule has 118 valence electrons. The molecule has 1 saturated heterocycles. The summed E-state index contributed by atoms with van der Waals surface area (Å²) < 4.78 is 0. The lowest BCUT2D eigenvalue weighted by Crippen LogP contribution is -2.41. The van der Waals surface area contributed by atoms with Gasteiger partial charge in [-0.05, 0) is 48.7 Å². The maximum absolute atomic E-state index is 12.7. The van der Waals surface area contributed by atoms with Crippen molar-refractivity contribution in [2.24, 2.45) is 0 Å². The summed E-state index contributed by atoms with van der Waals surface area (Å²) in [6, 6.07) is 10.3. The number of carbonyl (C=O) groups excluding carboxylic acids is 2. The Morgan fingerprint density at radius 3 is 2.43 bits per heavy atom. The van der Waals surface area contributed by atoms with Crippen LogP contribution in [0.5, 0.6) is 0 Å². The van der Waals surface area contributed by atoms with Crippen LogP contribution in [0.4, 0.5) is 4.79 Å². The standard InChI is InChI=1S/C17H16ClN3O2/c1-17(13-2-4-14(18)5-3-13)15(22)21(16(23)20-17)11-8-12-6-9-19-10-7-12/h2-7,9-10H,8,11H2,1H3,(H,20,23)/t17-/m0/s1. The lowest BCUT2D eigenvalue weighted by atomic mass is 9.92. The monoisotopic (exact) mass is 329 g/mol. The molecule has 0 saturated carbocycles. The van der Waals surface area contributed by atoms with Gasteiger partial charge in [0.25, 0.3) is 5.91 Å². The Kier molecular flexibility index (Phi) is 4.05. The van der Waals surface area contributed by atoms with Gasteiger partial charge in [0.1, 0.15) is 5.54 Å². The van der Waals surface area contributed by atoms with Gasteiger partial charge in [0.2, 0.25) is 0 Å². The Bertz CT molecular complexity index is 733. The molecule has 1 fully saturated rings. The van der Waals surface area contributed by atoms with E-state index < -0.39 is 5.54 Å². The fourth-order valence-corrected chi connectivity index (χ4v) is 2.80. The molecule has 1 aromatic carbocycles. The highest BCUT2D eigenvalue weighted by Crippen LogP contribution is 2.29. The van der Waals surface area contributed by atoms with Gasteiger partial charge < -0.3 is 5.32 Å². The minimum Gasteiger partial charge on any atom is -0.319 e. The number of imide groups is 1. The first kappa shape index (κ1) is 15.5. The summed E-state index contributed by atoms with van der Waals surface area (Å²) in [6.45, 7) is 2.04. The zero-order valence-corrected chi connectivity index (χ0v) is 13.4. The quantitative estimate of drug-likeness (QED) is 0.877. The number of nitrogens with zero attached hydrogens (tertiary/aromatic N) is 2. The molecule has 1 N–H and O–H groups in total. The highest BCUT2D eigenvalue weighted by molar-refractivity contribution is 6.30. The molecule has 0 spiro atoms. The van der Waals surface area contributed by atoms with Crippen LogP contribution >= 0.6 is 11.6 Å². The Balaban J connectivity index is 1.78. The molecule has 0 aliphatic carbocycles. The van der Waals surface area contributed by atoms with Crippen LogP contribution in [0.25, 0.3) is 0 Å². The first-order valence-electron chi connectivity index (χ1n) is 7.30. The van der Waals surface area contributed by atoms with E-state index in [0.717, 1.165) is 5.56 Å². The van der Waals surface area contributed by atoms with E-state index in [2.05, 4.69) is 10.3 Å². The van der Waals surface area contributed by atoms with E-state index in [9.17, 15) is 9.59 Å². The van der Waals surface area contributed by atoms with Gasteiger partial charge in [-0.2, -0.15) is 0 Å². The van der Waals surface area contributed by atoms with Gasteiger partial charge in [0.15, 0.2) is 0 Å². The second-order valence-corrected chi connectivity index (χ2v) is 6.06. The molecule has 0 bridgehead atoms. The Morgan fingerprint density at radius 2 is 1.78 bits per heavy atom. The number of urea groups is 1. The van der Waals surface area contributed by atoms with Gasteiger partial charge in [-0.1, -0.05) is 23.7 Å². The van der Waals surface area contributed by atoms with E-state index in [1.165, 1.54) is 4.90 Å². The SMILES string of the molecule is C[C@@]1(c2ccc(Cl)cc2)NC(=O)N(CCc2ccncc2)C1=O. The van der Waals surface area contributed by atoms with Crippen molar-refractivity contribution in [3.05, 3.63) is 64.9 Å². The van der Waals surface area contributed by atoms with Crippen LogP contribution in [0.1, 0.15) is 18.1 Å². The molecule has 3 amide bonds. The van der Waals surface area contributed by atoms with Crippen molar-refractivity contribution in [1.29, 1.82) is 0 Å². The van der Waals surface area contributed by atoms with Crippen molar-refractivity contribution in [2.45, 2.75) is 18.9 Å². The van der Waals surface area contributed by atoms with Crippen molar-refractivity contribution in [2.75, 3.05) is 6.54 Å². The summed E-state index contributed by atoms with van der Waals surface area (Å²) in [7, 11) is 0. The van der Waals surface area contributed by atoms with E-state index in [1.807, 2.05) is 12.1 Å². The molecule has 0 unspecified atom stereocenters. The summed E-state index contributed by atoms with van der Waals surface area (Å²) in [6.07, 6.45) is 3.98. The first-order valence-corrected chi connectivity index (χ1v) is 7.67. The Morgan fingerprint density at radius 1 is 1.13 bits per heavy atom. The fraction of sp³-hybridized carbons (Fsp3) is 0.235. The number of halogens is 1. The Hall–Kier alpha value is -2.40. The summed E-state index contributed by atoms with van der Waals surface area (Å²) >= 11 is 5.89. The van der Waals surface area contributed by atoms with Crippen LogP contribution in [-0.2, 0) is 16.8 Å². The Labute approximate surface area is 139 Å². The minimum absolute atomic E-state index is 0.251. The zero-order valence-electron chi connectivity index (χ0n) is 12.6. The van der Waals surface area contributed by atoms with Gasteiger partial charge in [-0.15, -0.1) is 0 Å². The topological polar surface area (TPSA) is 62.3 Å². The van der Waals surface area contributed by atoms with E-state index in [4.69, 9.17) is 11.6 Å². The van der Waals surface area contributed by atoms with E-state index in [1.54, 1.807) is 43.6 Å². The summed E-state index contributed by atoms with van der Waals surface area (Å²) in [5.41, 5.74) is 0.687. The van der Waals surface area contributed by atoms with Gasteiger partial charge in [-0.3, -0.25) is 14.7 Å². The molecule has 6 heteroatoms. The molecule has 23 heavy (non-hydrogen) atoms. The fourth-order valence-electron chi connectivity index (χ4n) is 2.67. The number of nitrogens with one attached hydrogen (secondary N) is 1. The molecule has 0 radical (unpaired) electrons. The summed E-state index contributed by atoms with van der Waals surface area (Å²) in [5, 5.41) is 3.37. The first-order chi connectivity index (χ1) is 11.0. The number of aromatic nitrogens is 1. The van der Waals surface area contributed by atoms with Crippen LogP contribution in [-0.4, -0.2) is 28.4 Å². The lowest BCUT2D eigenvalue weighted by Gasteiger charge is -2.22. The minimum atomic E-state index is -1.06. The van der Waals surface area contributed by atoms with Crippen LogP contribution in [0.15, 0.2) is 48.8 Å². The maximum atomic E-state index is 12.7. The third kappa shape index (κ3) is 2.92. The molecule has 1 aliphatic rings. The average molecular weight is 330 g/mol. The van der Waals surface area contributed by atoms with E-state index >= 15 is 0 Å². The number of benzene rings is 1. The highest BCUT2D eigenvalue weighted by atomic mass is 35.5. The van der Waals surface area contributed by atoms with Crippen LogP contribution in [0.2, 0.25) is 5.02 Å². The normalized spacial score (nSPS) is 20.7. The number of carbonyl (C=O) groups is 2. The molecular formula is C17H16ClN3O2. The van der Waals surface area contributed by atoms with Gasteiger partial charge in [0, 0.05) is 24.0 Å². The molecule has 3 rings (SSSR count). The number of rotatable bonds is 4. The summed E-state index contributed by atoms with van der Waals surface area (Å²) in [5.74, 6) is -0.251. The van der Waals surface area contributed by atoms with Gasteiger partial charge in [-0.25, -0.2) is 4.79 Å². The van der Waals surface area contributed by atoms with Crippen molar-refractivity contribution in [3.8, 4) is 0 Å². The zero-order chi connectivity index (χ0) is 16.4. The van der Waals surface area contributed by atoms with E-state index in [0.29, 0.717) is 23.6 Å². The van der Waals surface area contributed by atoms with Crippen molar-refractivity contribution < 1.29 is 9.59 Å². The molecule has 1 atom stereocenters. The smallest absolute Gasteiger partial charge is 0.319 e. The van der Waals surface area contributed by atoms with Crippen molar-refractivity contribution >= 4 is 23.5 Å².